The summed E-state index contributed by atoms with van der Waals surface area (Å²) in [4.78, 5) is 17.3. The van der Waals surface area contributed by atoms with Crippen LogP contribution in [0.4, 0.5) is 0 Å². The summed E-state index contributed by atoms with van der Waals surface area (Å²) >= 11 is 0. The van der Waals surface area contributed by atoms with Gasteiger partial charge in [-0.2, -0.15) is 0 Å². The van der Waals surface area contributed by atoms with Crippen LogP contribution in [0.25, 0.3) is 0 Å². The van der Waals surface area contributed by atoms with Crippen LogP contribution in [0.2, 0.25) is 98.2 Å². The minimum atomic E-state index is -1.61. The first-order chi connectivity index (χ1) is 11.3. The minimum absolute atomic E-state index is 0.492. The van der Waals surface area contributed by atoms with E-state index in [2.05, 4.69) is 58.9 Å². The Morgan fingerprint density at radius 3 is 0.704 bits per heavy atom. The van der Waals surface area contributed by atoms with Crippen molar-refractivity contribution in [3.8, 4) is 0 Å². The van der Waals surface area contributed by atoms with Crippen LogP contribution in [0.3, 0.4) is 0 Å². The van der Waals surface area contributed by atoms with E-state index in [1.807, 2.05) is 39.3 Å². The molecule has 0 aromatic rings. The summed E-state index contributed by atoms with van der Waals surface area (Å²) in [5, 5.41) is 0. The zero-order valence-corrected chi connectivity index (χ0v) is 26.3. The van der Waals surface area contributed by atoms with Gasteiger partial charge in [-0.3, -0.25) is 0 Å². The van der Waals surface area contributed by atoms with Crippen molar-refractivity contribution in [2.24, 2.45) is 0 Å². The molecule has 170 valence electrons. The molecule has 0 unspecified atom stereocenters. The van der Waals surface area contributed by atoms with Crippen LogP contribution >= 0.6 is 0 Å². The van der Waals surface area contributed by atoms with Gasteiger partial charge in [-0.15, -0.1) is 0 Å². The molecular weight excluding hydrogens is 425 g/mol. The summed E-state index contributed by atoms with van der Waals surface area (Å²) in [6.45, 7) is 31.3. The third-order valence-electron chi connectivity index (χ3n) is 1.60. The Labute approximate surface area is 176 Å². The molecule has 0 aromatic heterocycles. The average Bonchev–Trinajstić information content (AvgIpc) is 2.19. The Morgan fingerprint density at radius 1 is 0.481 bits per heavy atom. The summed E-state index contributed by atoms with van der Waals surface area (Å²) in [6, 6.07) is 0. The lowest BCUT2D eigenvalue weighted by molar-refractivity contribution is 0.108. The van der Waals surface area contributed by atoms with Gasteiger partial charge in [0.25, 0.3) is 0 Å². The molecule has 0 aliphatic heterocycles. The quantitative estimate of drug-likeness (QED) is 0.391. The van der Waals surface area contributed by atoms with Crippen molar-refractivity contribution >= 4 is 41.6 Å². The fourth-order valence-corrected chi connectivity index (χ4v) is 1.33. The fraction of sp³-hybridized carbons (Fsp3) is 1.00. The van der Waals surface area contributed by atoms with Crippen LogP contribution in [0.1, 0.15) is 0 Å². The van der Waals surface area contributed by atoms with Crippen LogP contribution in [0.5, 0.6) is 0 Å². The van der Waals surface area contributed by atoms with Crippen molar-refractivity contribution < 1.29 is 22.9 Å². The Morgan fingerprint density at radius 2 is 0.630 bits per heavy atom. The molecule has 0 fully saturated rings. The third-order valence-corrected chi connectivity index (χ3v) is 4.79. The van der Waals surface area contributed by atoms with Crippen molar-refractivity contribution in [1.29, 1.82) is 0 Å². The molecule has 10 heteroatoms. The normalized spacial score (nSPS) is 12.7. The number of hydrogen-bond donors (Lipinski definition) is 2. The first kappa shape index (κ1) is 35.3. The Hall–Kier alpha value is 0.884. The van der Waals surface area contributed by atoms with Crippen LogP contribution in [0, 0.1) is 0 Å². The van der Waals surface area contributed by atoms with Crippen LogP contribution in [-0.4, -0.2) is 65.1 Å². The van der Waals surface area contributed by atoms with Crippen molar-refractivity contribution in [2.45, 2.75) is 98.2 Å². The molecule has 0 radical (unpaired) electrons. The lowest BCUT2D eigenvalue weighted by atomic mass is 11.6. The molecule has 0 aliphatic carbocycles. The molecule has 5 nitrogen and oxygen atoms in total. The molecule has 0 aromatic carbocycles. The van der Waals surface area contributed by atoms with Gasteiger partial charge in [0.05, 0.1) is 0 Å². The van der Waals surface area contributed by atoms with Gasteiger partial charge in [-0.1, -0.05) is 0 Å². The molecule has 0 atom stereocenters. The van der Waals surface area contributed by atoms with Gasteiger partial charge in [-0.25, -0.2) is 0 Å². The molecule has 27 heavy (non-hydrogen) atoms. The highest BCUT2D eigenvalue weighted by Crippen LogP contribution is 2.06. The predicted molar refractivity (Wildman–Crippen MR) is 135 cm³/mol. The molecule has 0 saturated heterocycles. The van der Waals surface area contributed by atoms with Crippen molar-refractivity contribution in [2.75, 3.05) is 13.9 Å². The molecule has 0 spiro atoms. The van der Waals surface area contributed by atoms with E-state index < -0.39 is 41.6 Å². The van der Waals surface area contributed by atoms with Gasteiger partial charge < -0.3 is 22.9 Å². The number of rotatable bonds is 5. The maximum absolute atomic E-state index is 8.66. The molecular formula is C17H52O5Si5. The SMILES string of the molecule is CO[Si](C)(C)C.C[Si](C)(C)O.C[Si](C)(C)O.C[Si](C)(C)OCO[Si](C)(C)C. The van der Waals surface area contributed by atoms with Gasteiger partial charge in [0.1, 0.15) is 6.79 Å². The van der Waals surface area contributed by atoms with Crippen molar-refractivity contribution in [1.82, 2.24) is 0 Å². The predicted octanol–water partition coefficient (Wildman–Crippen LogP) is 5.74. The minimum Gasteiger partial charge on any atom is -0.433 e. The van der Waals surface area contributed by atoms with E-state index in [1.165, 1.54) is 0 Å². The lowest BCUT2D eigenvalue weighted by Crippen LogP contribution is -2.32. The summed E-state index contributed by atoms with van der Waals surface area (Å²) < 4.78 is 16.2. The first-order valence-electron chi connectivity index (χ1n) is 9.55. The van der Waals surface area contributed by atoms with Crippen LogP contribution in [-0.2, 0) is 13.3 Å². The first-order valence-corrected chi connectivity index (χ1v) is 26.7. The highest BCUT2D eigenvalue weighted by Gasteiger charge is 2.18. The molecule has 0 amide bonds. The second-order valence-electron chi connectivity index (χ2n) is 11.3. The van der Waals surface area contributed by atoms with E-state index in [4.69, 9.17) is 22.9 Å². The van der Waals surface area contributed by atoms with Crippen LogP contribution < -0.4 is 0 Å². The Balaban J connectivity index is -0.000000141. The average molecular weight is 477 g/mol. The molecule has 2 N–H and O–H groups in total. The van der Waals surface area contributed by atoms with Crippen molar-refractivity contribution in [3.63, 3.8) is 0 Å². The smallest absolute Gasteiger partial charge is 0.186 e. The summed E-state index contributed by atoms with van der Waals surface area (Å²) in [6.07, 6.45) is 0. The largest absolute Gasteiger partial charge is 0.433 e. The fourth-order valence-electron chi connectivity index (χ4n) is 0.383. The molecule has 0 aliphatic rings. The van der Waals surface area contributed by atoms with Gasteiger partial charge in [-0.05, 0) is 98.2 Å². The summed E-state index contributed by atoms with van der Waals surface area (Å²) in [5.41, 5.74) is 0. The highest BCUT2D eigenvalue weighted by molar-refractivity contribution is 6.71. The monoisotopic (exact) mass is 476 g/mol. The maximum Gasteiger partial charge on any atom is 0.186 e. The Bertz CT molecular complexity index is 296. The highest BCUT2D eigenvalue weighted by atomic mass is 28.4. The second kappa shape index (κ2) is 14.8. The molecule has 0 rings (SSSR count). The van der Waals surface area contributed by atoms with Crippen molar-refractivity contribution in [3.05, 3.63) is 0 Å². The molecule has 0 heterocycles. The van der Waals surface area contributed by atoms with E-state index in [-0.39, 0.29) is 0 Å². The second-order valence-corrected chi connectivity index (χ2v) is 33.6. The van der Waals surface area contributed by atoms with Gasteiger partial charge in [0.15, 0.2) is 41.6 Å². The summed E-state index contributed by atoms with van der Waals surface area (Å²) in [7, 11) is -5.30. The topological polar surface area (TPSA) is 68.2 Å². The van der Waals surface area contributed by atoms with Gasteiger partial charge in [0, 0.05) is 7.11 Å². The summed E-state index contributed by atoms with van der Waals surface area (Å²) in [5.74, 6) is 0. The number of hydrogen-bond acceptors (Lipinski definition) is 5. The third kappa shape index (κ3) is 118. The standard InChI is InChI=1S/C7H20O2Si2.C4H12OSi.2C3H10OSi/c1-10(2,3)8-7-9-11(4,5)6;1-5-6(2,3)4;2*1-5(2,3)4/h7H2,1-6H3;1-4H3;2*4H,1-3H3. The molecule has 0 saturated carbocycles. The van der Waals surface area contributed by atoms with E-state index in [0.717, 1.165) is 0 Å². The molecule has 0 bridgehead atoms. The van der Waals surface area contributed by atoms with E-state index in [9.17, 15) is 0 Å². The van der Waals surface area contributed by atoms with Gasteiger partial charge >= 0.3 is 0 Å². The van der Waals surface area contributed by atoms with E-state index >= 15 is 0 Å². The zero-order chi connectivity index (χ0) is 23.3. The van der Waals surface area contributed by atoms with Crippen LogP contribution in [0.15, 0.2) is 0 Å². The van der Waals surface area contributed by atoms with E-state index in [0.29, 0.717) is 6.79 Å². The lowest BCUT2D eigenvalue weighted by Gasteiger charge is -2.22. The zero-order valence-electron chi connectivity index (χ0n) is 21.3. The maximum atomic E-state index is 8.66. The Kier molecular flexibility index (Phi) is 19.4. The van der Waals surface area contributed by atoms with Gasteiger partial charge in [0.2, 0.25) is 0 Å². The van der Waals surface area contributed by atoms with E-state index in [1.54, 1.807) is 7.11 Å².